The highest BCUT2D eigenvalue weighted by atomic mass is 35.5. The van der Waals surface area contributed by atoms with Crippen LogP contribution >= 0.6 is 11.6 Å². The Morgan fingerprint density at radius 1 is 1.38 bits per heavy atom. The second-order valence-electron chi connectivity index (χ2n) is 4.82. The Hall–Kier alpha value is -1.15. The van der Waals surface area contributed by atoms with Gasteiger partial charge in [-0.05, 0) is 24.6 Å². The normalized spacial score (nSPS) is 16.0. The van der Waals surface area contributed by atoms with E-state index in [9.17, 15) is 13.2 Å². The standard InChI is InChI=1S/C13H18ClN3O3S/c1-10-11(14)3-2-4-12(10)21(19,20)16-9-13(18)17-7-5-15-6-8-17/h2-4,15-16H,5-9H2,1H3. The molecule has 1 aliphatic rings. The van der Waals surface area contributed by atoms with E-state index >= 15 is 0 Å². The van der Waals surface area contributed by atoms with E-state index < -0.39 is 10.0 Å². The molecule has 1 aliphatic heterocycles. The van der Waals surface area contributed by atoms with Gasteiger partial charge in [0.2, 0.25) is 15.9 Å². The van der Waals surface area contributed by atoms with Crippen LogP contribution < -0.4 is 10.0 Å². The molecule has 2 N–H and O–H groups in total. The van der Waals surface area contributed by atoms with Gasteiger partial charge in [0, 0.05) is 31.2 Å². The van der Waals surface area contributed by atoms with Crippen molar-refractivity contribution >= 4 is 27.5 Å². The molecular weight excluding hydrogens is 314 g/mol. The number of halogens is 1. The molecular formula is C13H18ClN3O3S. The molecule has 6 nitrogen and oxygen atoms in total. The van der Waals surface area contributed by atoms with Gasteiger partial charge < -0.3 is 10.2 Å². The van der Waals surface area contributed by atoms with Crippen molar-refractivity contribution in [2.45, 2.75) is 11.8 Å². The van der Waals surface area contributed by atoms with Gasteiger partial charge in [0.05, 0.1) is 11.4 Å². The van der Waals surface area contributed by atoms with Gasteiger partial charge in [-0.1, -0.05) is 17.7 Å². The van der Waals surface area contributed by atoms with Crippen LogP contribution in [0.25, 0.3) is 0 Å². The van der Waals surface area contributed by atoms with E-state index in [4.69, 9.17) is 11.6 Å². The van der Waals surface area contributed by atoms with E-state index in [0.29, 0.717) is 23.7 Å². The van der Waals surface area contributed by atoms with Gasteiger partial charge in [-0.15, -0.1) is 0 Å². The SMILES string of the molecule is Cc1c(Cl)cccc1S(=O)(=O)NCC(=O)N1CCNCC1. The minimum absolute atomic E-state index is 0.100. The first-order valence-electron chi connectivity index (χ1n) is 6.65. The average Bonchev–Trinajstić information content (AvgIpc) is 2.48. The van der Waals surface area contributed by atoms with Crippen LogP contribution in [0.15, 0.2) is 23.1 Å². The van der Waals surface area contributed by atoms with Gasteiger partial charge in [0.25, 0.3) is 0 Å². The molecule has 0 saturated carbocycles. The topological polar surface area (TPSA) is 78.5 Å². The molecule has 0 unspecified atom stereocenters. The van der Waals surface area contributed by atoms with Crippen LogP contribution in [0.2, 0.25) is 5.02 Å². The highest BCUT2D eigenvalue weighted by molar-refractivity contribution is 7.89. The number of piperazine rings is 1. The van der Waals surface area contributed by atoms with E-state index in [1.807, 2.05) is 0 Å². The fourth-order valence-corrected chi connectivity index (χ4v) is 3.61. The first kappa shape index (κ1) is 16.2. The van der Waals surface area contributed by atoms with Crippen molar-refractivity contribution in [1.29, 1.82) is 0 Å². The van der Waals surface area contributed by atoms with Crippen molar-refractivity contribution in [2.24, 2.45) is 0 Å². The number of rotatable bonds is 4. The molecule has 1 fully saturated rings. The zero-order valence-corrected chi connectivity index (χ0v) is 13.3. The Bertz CT molecular complexity index is 628. The molecule has 0 aromatic heterocycles. The highest BCUT2D eigenvalue weighted by Crippen LogP contribution is 2.22. The summed E-state index contributed by atoms with van der Waals surface area (Å²) >= 11 is 5.93. The Kier molecular flexibility index (Phi) is 5.21. The molecule has 0 radical (unpaired) electrons. The first-order chi connectivity index (χ1) is 9.92. The Balaban J connectivity index is 2.04. The number of benzene rings is 1. The highest BCUT2D eigenvalue weighted by Gasteiger charge is 2.21. The predicted octanol–water partition coefficient (Wildman–Crippen LogP) is 0.359. The zero-order chi connectivity index (χ0) is 15.5. The number of sulfonamides is 1. The first-order valence-corrected chi connectivity index (χ1v) is 8.51. The minimum atomic E-state index is -3.74. The van der Waals surface area contributed by atoms with E-state index in [1.165, 1.54) is 6.07 Å². The molecule has 0 atom stereocenters. The lowest BCUT2D eigenvalue weighted by molar-refractivity contribution is -0.130. The molecule has 116 valence electrons. The smallest absolute Gasteiger partial charge is 0.241 e. The molecule has 21 heavy (non-hydrogen) atoms. The molecule has 0 aliphatic carbocycles. The van der Waals surface area contributed by atoms with Crippen molar-refractivity contribution in [2.75, 3.05) is 32.7 Å². The van der Waals surface area contributed by atoms with Crippen LogP contribution in [0.1, 0.15) is 5.56 Å². The predicted molar refractivity (Wildman–Crippen MR) is 80.8 cm³/mol. The van der Waals surface area contributed by atoms with E-state index in [2.05, 4.69) is 10.0 Å². The third-order valence-corrected chi connectivity index (χ3v) is 5.35. The van der Waals surface area contributed by atoms with Crippen molar-refractivity contribution in [3.8, 4) is 0 Å². The molecule has 1 amide bonds. The molecule has 0 bridgehead atoms. The van der Waals surface area contributed by atoms with Gasteiger partial charge in [0.15, 0.2) is 0 Å². The lowest BCUT2D eigenvalue weighted by atomic mass is 10.2. The summed E-state index contributed by atoms with van der Waals surface area (Å²) in [5.74, 6) is -0.222. The number of nitrogens with one attached hydrogen (secondary N) is 2. The lowest BCUT2D eigenvalue weighted by Gasteiger charge is -2.27. The summed E-state index contributed by atoms with van der Waals surface area (Å²) in [5, 5.41) is 3.52. The average molecular weight is 332 g/mol. The second kappa shape index (κ2) is 6.74. The van der Waals surface area contributed by atoms with E-state index in [1.54, 1.807) is 24.0 Å². The molecule has 0 spiro atoms. The largest absolute Gasteiger partial charge is 0.339 e. The van der Waals surface area contributed by atoms with Gasteiger partial charge >= 0.3 is 0 Å². The summed E-state index contributed by atoms with van der Waals surface area (Å²) in [6, 6.07) is 4.67. The number of nitrogens with zero attached hydrogens (tertiary/aromatic N) is 1. The number of hydrogen-bond acceptors (Lipinski definition) is 4. The monoisotopic (exact) mass is 331 g/mol. The maximum absolute atomic E-state index is 12.2. The third-order valence-electron chi connectivity index (χ3n) is 3.39. The van der Waals surface area contributed by atoms with Crippen molar-refractivity contribution in [3.63, 3.8) is 0 Å². The van der Waals surface area contributed by atoms with Crippen LogP contribution in [-0.2, 0) is 14.8 Å². The molecule has 8 heteroatoms. The summed E-state index contributed by atoms with van der Waals surface area (Å²) in [4.78, 5) is 13.7. The van der Waals surface area contributed by atoms with Crippen LogP contribution in [0.3, 0.4) is 0 Å². The lowest BCUT2D eigenvalue weighted by Crippen LogP contribution is -2.49. The van der Waals surface area contributed by atoms with Crippen LogP contribution in [0.5, 0.6) is 0 Å². The quantitative estimate of drug-likeness (QED) is 0.835. The van der Waals surface area contributed by atoms with Crippen molar-refractivity contribution in [3.05, 3.63) is 28.8 Å². The third kappa shape index (κ3) is 3.94. The maximum Gasteiger partial charge on any atom is 0.241 e. The van der Waals surface area contributed by atoms with E-state index in [0.717, 1.165) is 13.1 Å². The van der Waals surface area contributed by atoms with Crippen molar-refractivity contribution < 1.29 is 13.2 Å². The minimum Gasteiger partial charge on any atom is -0.339 e. The van der Waals surface area contributed by atoms with Gasteiger partial charge in [0.1, 0.15) is 0 Å². The van der Waals surface area contributed by atoms with Crippen LogP contribution in [-0.4, -0.2) is 51.9 Å². The summed E-state index contributed by atoms with van der Waals surface area (Å²) < 4.78 is 26.8. The Labute approximate surface area is 129 Å². The molecule has 1 heterocycles. The summed E-state index contributed by atoms with van der Waals surface area (Å²) in [7, 11) is -3.74. The number of amides is 1. The van der Waals surface area contributed by atoms with Gasteiger partial charge in [-0.25, -0.2) is 13.1 Å². The van der Waals surface area contributed by atoms with E-state index in [-0.39, 0.29) is 17.3 Å². The fraction of sp³-hybridized carbons (Fsp3) is 0.462. The molecule has 1 aromatic carbocycles. The van der Waals surface area contributed by atoms with Gasteiger partial charge in [-0.3, -0.25) is 4.79 Å². The Morgan fingerprint density at radius 2 is 2.05 bits per heavy atom. The van der Waals surface area contributed by atoms with Crippen LogP contribution in [0, 0.1) is 6.92 Å². The van der Waals surface area contributed by atoms with Crippen molar-refractivity contribution in [1.82, 2.24) is 14.9 Å². The Morgan fingerprint density at radius 3 is 2.71 bits per heavy atom. The van der Waals surface area contributed by atoms with Crippen LogP contribution in [0.4, 0.5) is 0 Å². The fourth-order valence-electron chi connectivity index (χ4n) is 2.14. The summed E-state index contributed by atoms with van der Waals surface area (Å²) in [6.07, 6.45) is 0. The zero-order valence-electron chi connectivity index (χ0n) is 11.7. The van der Waals surface area contributed by atoms with Gasteiger partial charge in [-0.2, -0.15) is 0 Å². The summed E-state index contributed by atoms with van der Waals surface area (Å²) in [5.41, 5.74) is 0.473. The molecule has 1 saturated heterocycles. The number of carbonyl (C=O) groups is 1. The maximum atomic E-state index is 12.2. The number of hydrogen-bond donors (Lipinski definition) is 2. The second-order valence-corrected chi connectivity index (χ2v) is 6.96. The molecule has 1 aromatic rings. The molecule has 2 rings (SSSR count). The number of carbonyl (C=O) groups excluding carboxylic acids is 1. The summed E-state index contributed by atoms with van der Waals surface area (Å²) in [6.45, 7) is 4.04.